The molecule has 0 amide bonds. The molecule has 1 unspecified atom stereocenters. The minimum Gasteiger partial charge on any atom is -0.354 e. The first-order valence-corrected chi connectivity index (χ1v) is 5.66. The monoisotopic (exact) mass is 205 g/mol. The third kappa shape index (κ3) is 1.92. The van der Waals surface area contributed by atoms with Crippen LogP contribution in [0.4, 0.5) is 0 Å². The minimum absolute atomic E-state index is 0.223. The Kier molecular flexibility index (Phi) is 3.08. The number of likely N-dealkylation sites (N-methyl/N-ethyl adjacent to an activating group) is 1. The van der Waals surface area contributed by atoms with Gasteiger partial charge in [-0.3, -0.25) is 4.90 Å². The Bertz CT molecular complexity index is 312. The Labute approximate surface area is 91.9 Å². The van der Waals surface area contributed by atoms with Gasteiger partial charge in [0.25, 0.3) is 0 Å². The summed E-state index contributed by atoms with van der Waals surface area (Å²) < 4.78 is 6.05. The Morgan fingerprint density at radius 1 is 1.27 bits per heavy atom. The van der Waals surface area contributed by atoms with E-state index in [9.17, 15) is 0 Å². The Balaban J connectivity index is 2.19. The van der Waals surface area contributed by atoms with Gasteiger partial charge < -0.3 is 4.74 Å². The maximum atomic E-state index is 6.05. The van der Waals surface area contributed by atoms with Gasteiger partial charge in [-0.05, 0) is 26.0 Å². The van der Waals surface area contributed by atoms with E-state index in [-0.39, 0.29) is 12.3 Å². The van der Waals surface area contributed by atoms with Gasteiger partial charge in [-0.2, -0.15) is 0 Å². The largest absolute Gasteiger partial charge is 0.354 e. The van der Waals surface area contributed by atoms with Crippen molar-refractivity contribution < 1.29 is 4.74 Å². The molecule has 0 saturated carbocycles. The number of hydrogen-bond acceptors (Lipinski definition) is 2. The Morgan fingerprint density at radius 2 is 1.93 bits per heavy atom. The summed E-state index contributed by atoms with van der Waals surface area (Å²) in [7, 11) is 2.14. The number of benzene rings is 1. The third-order valence-electron chi connectivity index (χ3n) is 3.32. The Morgan fingerprint density at radius 3 is 2.47 bits per heavy atom. The fraction of sp³-hybridized carbons (Fsp3) is 0.538. The average Bonchev–Trinajstić information content (AvgIpc) is 2.57. The summed E-state index contributed by atoms with van der Waals surface area (Å²) in [6, 6.07) is 10.9. The van der Waals surface area contributed by atoms with Crippen LogP contribution in [0.2, 0.25) is 0 Å². The van der Waals surface area contributed by atoms with Crippen molar-refractivity contribution in [2.75, 3.05) is 7.05 Å². The molecule has 3 atom stereocenters. The first-order valence-electron chi connectivity index (χ1n) is 5.66. The summed E-state index contributed by atoms with van der Waals surface area (Å²) in [6.07, 6.45) is 1.54. The molecule has 1 aromatic rings. The molecule has 2 nitrogen and oxygen atoms in total. The van der Waals surface area contributed by atoms with Crippen molar-refractivity contribution in [1.29, 1.82) is 0 Å². The maximum absolute atomic E-state index is 6.05. The quantitative estimate of drug-likeness (QED) is 0.736. The van der Waals surface area contributed by atoms with E-state index in [1.54, 1.807) is 0 Å². The summed E-state index contributed by atoms with van der Waals surface area (Å²) in [5.41, 5.74) is 1.28. The van der Waals surface area contributed by atoms with Crippen molar-refractivity contribution >= 4 is 0 Å². The van der Waals surface area contributed by atoms with Crippen LogP contribution in [0.1, 0.15) is 31.9 Å². The predicted molar refractivity (Wildman–Crippen MR) is 61.6 cm³/mol. The average molecular weight is 205 g/mol. The van der Waals surface area contributed by atoms with Gasteiger partial charge in [0.05, 0.1) is 6.10 Å². The van der Waals surface area contributed by atoms with Crippen molar-refractivity contribution in [2.24, 2.45) is 0 Å². The van der Waals surface area contributed by atoms with Crippen molar-refractivity contribution in [2.45, 2.75) is 38.6 Å². The smallest absolute Gasteiger partial charge is 0.111 e. The molecule has 1 saturated heterocycles. The Hall–Kier alpha value is -0.860. The normalized spacial score (nSPS) is 32.1. The van der Waals surface area contributed by atoms with E-state index < -0.39 is 0 Å². The third-order valence-corrected chi connectivity index (χ3v) is 3.32. The van der Waals surface area contributed by atoms with Gasteiger partial charge in [-0.15, -0.1) is 0 Å². The summed E-state index contributed by atoms with van der Waals surface area (Å²) in [6.45, 7) is 4.40. The summed E-state index contributed by atoms with van der Waals surface area (Å²) >= 11 is 0. The lowest BCUT2D eigenvalue weighted by atomic mass is 10.0. The van der Waals surface area contributed by atoms with Crippen LogP contribution >= 0.6 is 0 Å². The lowest BCUT2D eigenvalue weighted by Crippen LogP contribution is -2.31. The van der Waals surface area contributed by atoms with Gasteiger partial charge in [0, 0.05) is 6.04 Å². The molecule has 15 heavy (non-hydrogen) atoms. The standard InChI is InChI=1S/C13H19NO/c1-4-12-14(3)10(2)13(15-12)11-8-6-5-7-9-11/h5-10,12-13H,4H2,1-3H3/t10-,12?,13-/m0/s1. The summed E-state index contributed by atoms with van der Waals surface area (Å²) in [4.78, 5) is 2.32. The lowest BCUT2D eigenvalue weighted by molar-refractivity contribution is 0.00511. The number of hydrogen-bond donors (Lipinski definition) is 0. The van der Waals surface area contributed by atoms with Crippen LogP contribution in [0.5, 0.6) is 0 Å². The van der Waals surface area contributed by atoms with Crippen LogP contribution in [0.25, 0.3) is 0 Å². The molecule has 0 aromatic heterocycles. The molecule has 0 aliphatic carbocycles. The van der Waals surface area contributed by atoms with E-state index in [4.69, 9.17) is 4.74 Å². The molecule has 2 heteroatoms. The van der Waals surface area contributed by atoms with Crippen LogP contribution < -0.4 is 0 Å². The molecule has 0 N–H and O–H groups in total. The summed E-state index contributed by atoms with van der Waals surface area (Å²) in [5.74, 6) is 0. The van der Waals surface area contributed by atoms with E-state index in [2.05, 4.69) is 50.1 Å². The molecule has 82 valence electrons. The van der Waals surface area contributed by atoms with Crippen molar-refractivity contribution in [3.8, 4) is 0 Å². The topological polar surface area (TPSA) is 12.5 Å². The molecule has 2 rings (SSSR count). The van der Waals surface area contributed by atoms with E-state index in [1.165, 1.54) is 5.56 Å². The van der Waals surface area contributed by atoms with Crippen LogP contribution in [0, 0.1) is 0 Å². The van der Waals surface area contributed by atoms with Gasteiger partial charge in [-0.25, -0.2) is 0 Å². The van der Waals surface area contributed by atoms with Gasteiger partial charge in [0.2, 0.25) is 0 Å². The fourth-order valence-corrected chi connectivity index (χ4v) is 2.24. The number of ether oxygens (including phenoxy) is 1. The SMILES string of the molecule is CCC1O[C@H](c2ccccc2)[C@H](C)N1C. The zero-order chi connectivity index (χ0) is 10.8. The molecule has 0 spiro atoms. The fourth-order valence-electron chi connectivity index (χ4n) is 2.24. The highest BCUT2D eigenvalue weighted by molar-refractivity contribution is 5.20. The molecule has 1 aliphatic rings. The first kappa shape index (κ1) is 10.7. The van der Waals surface area contributed by atoms with E-state index in [1.807, 2.05) is 6.07 Å². The second-order valence-corrected chi connectivity index (χ2v) is 4.24. The predicted octanol–water partition coefficient (Wildman–Crippen LogP) is 2.81. The van der Waals surface area contributed by atoms with Crippen molar-refractivity contribution in [1.82, 2.24) is 4.90 Å². The van der Waals surface area contributed by atoms with Gasteiger partial charge in [0.15, 0.2) is 0 Å². The number of rotatable bonds is 2. The van der Waals surface area contributed by atoms with Crippen LogP contribution in [-0.2, 0) is 4.74 Å². The zero-order valence-corrected chi connectivity index (χ0v) is 9.68. The molecule has 0 radical (unpaired) electrons. The van der Waals surface area contributed by atoms with Gasteiger partial charge in [-0.1, -0.05) is 37.3 Å². The molecule has 1 aliphatic heterocycles. The van der Waals surface area contributed by atoms with Crippen LogP contribution in [-0.4, -0.2) is 24.2 Å². The first-order chi connectivity index (χ1) is 7.24. The highest BCUT2D eigenvalue weighted by Crippen LogP contribution is 2.34. The highest BCUT2D eigenvalue weighted by Gasteiger charge is 2.36. The van der Waals surface area contributed by atoms with Gasteiger partial charge >= 0.3 is 0 Å². The highest BCUT2D eigenvalue weighted by atomic mass is 16.5. The second-order valence-electron chi connectivity index (χ2n) is 4.24. The van der Waals surface area contributed by atoms with Crippen molar-refractivity contribution in [3.05, 3.63) is 35.9 Å². The minimum atomic E-state index is 0.223. The van der Waals surface area contributed by atoms with Crippen molar-refractivity contribution in [3.63, 3.8) is 0 Å². The molecular weight excluding hydrogens is 186 g/mol. The second kappa shape index (κ2) is 4.33. The van der Waals surface area contributed by atoms with Gasteiger partial charge in [0.1, 0.15) is 6.23 Å². The molecule has 1 fully saturated rings. The van der Waals surface area contributed by atoms with E-state index in [0.717, 1.165) is 6.42 Å². The van der Waals surface area contributed by atoms with Crippen LogP contribution in [0.15, 0.2) is 30.3 Å². The summed E-state index contributed by atoms with van der Waals surface area (Å²) in [5, 5.41) is 0. The van der Waals surface area contributed by atoms with Crippen LogP contribution in [0.3, 0.4) is 0 Å². The van der Waals surface area contributed by atoms with E-state index >= 15 is 0 Å². The molecule has 0 bridgehead atoms. The maximum Gasteiger partial charge on any atom is 0.111 e. The molecular formula is C13H19NO. The molecule has 1 aromatic carbocycles. The van der Waals surface area contributed by atoms with E-state index in [0.29, 0.717) is 6.04 Å². The molecule has 1 heterocycles. The zero-order valence-electron chi connectivity index (χ0n) is 9.68. The number of nitrogens with zero attached hydrogens (tertiary/aromatic N) is 1. The lowest BCUT2D eigenvalue weighted by Gasteiger charge is -2.19.